The van der Waals surface area contributed by atoms with E-state index in [1.807, 2.05) is 13.8 Å². The second-order valence-electron chi connectivity index (χ2n) is 9.30. The molecule has 0 aromatic carbocycles. The number of carbonyl (C=O) groups is 2. The molecule has 0 aromatic rings. The van der Waals surface area contributed by atoms with Crippen molar-refractivity contribution in [3.05, 3.63) is 23.0 Å². The van der Waals surface area contributed by atoms with Gasteiger partial charge in [-0.15, -0.1) is 0 Å². The highest BCUT2D eigenvalue weighted by Crippen LogP contribution is 2.67. The second-order valence-corrected chi connectivity index (χ2v) is 9.30. The molecule has 12 atom stereocenters. The van der Waals surface area contributed by atoms with Gasteiger partial charge in [0.05, 0.1) is 30.0 Å². The lowest BCUT2D eigenvalue weighted by Gasteiger charge is -2.63. The highest BCUT2D eigenvalue weighted by Gasteiger charge is 2.79. The van der Waals surface area contributed by atoms with Crippen molar-refractivity contribution >= 4 is 11.6 Å². The lowest BCUT2D eigenvalue weighted by atomic mass is 9.45. The van der Waals surface area contributed by atoms with Gasteiger partial charge in [0.25, 0.3) is 0 Å². The average Bonchev–Trinajstić information content (AvgIpc) is 3.60. The fraction of sp³-hybridized carbons (Fsp3) is 0.714. The average molecular weight is 402 g/mol. The molecule has 5 heterocycles. The Morgan fingerprint density at radius 3 is 2.59 bits per heavy atom. The van der Waals surface area contributed by atoms with Crippen molar-refractivity contribution in [2.45, 2.75) is 68.8 Å². The van der Waals surface area contributed by atoms with Crippen molar-refractivity contribution in [1.29, 1.82) is 0 Å². The number of Topliss-reactive ketones (excluding diaryl/α,β-unsaturated/α-hetero) is 2. The minimum absolute atomic E-state index is 0.0223. The third kappa shape index (κ3) is 1.66. The fourth-order valence-electron chi connectivity index (χ4n) is 7.09. The highest BCUT2D eigenvalue weighted by molar-refractivity contribution is 6.06. The molecule has 3 aliphatic carbocycles. The maximum Gasteiger partial charge on any atom is 0.190 e. The van der Waals surface area contributed by atoms with Gasteiger partial charge in [-0.2, -0.15) is 0 Å². The minimum Gasteiger partial charge on any atom is -0.498 e. The summed E-state index contributed by atoms with van der Waals surface area (Å²) in [6.45, 7) is 3.86. The van der Waals surface area contributed by atoms with Gasteiger partial charge < -0.3 is 28.8 Å². The van der Waals surface area contributed by atoms with Crippen LogP contribution in [0.1, 0.15) is 13.8 Å². The van der Waals surface area contributed by atoms with Crippen LogP contribution in [0.25, 0.3) is 0 Å². The van der Waals surface area contributed by atoms with E-state index < -0.39 is 42.0 Å². The number of ether oxygens (including phenoxy) is 5. The van der Waals surface area contributed by atoms with Crippen LogP contribution < -0.4 is 0 Å². The molecule has 1 saturated carbocycles. The van der Waals surface area contributed by atoms with Crippen LogP contribution in [0.15, 0.2) is 23.0 Å². The standard InChI is InChI=1S/C21H22O8/c1-5-8-9-10(14(25-3)17-16(28-17)13(9)23)20(27-5)21-7(4-26-6(2)11(8)21)12(22)15-18(29-15)19(21)24/h4-6,8,11-12,14-18,20,22H,1-3H3/t5-,6+,8-,11?,12+,14+,15-,16+,17-,18-,20+,21+/m1/s1. The molecular weight excluding hydrogens is 380 g/mol. The van der Waals surface area contributed by atoms with Gasteiger partial charge in [-0.25, -0.2) is 0 Å². The van der Waals surface area contributed by atoms with Crippen LogP contribution in [0.3, 0.4) is 0 Å². The Hall–Kier alpha value is -1.58. The SMILES string of the molecule is CO[C@H]1C2=C(C(=O)[C@@H]3O[C@@H]31)[C@@H]1C3[C@H](C)OC=C4[C@H](O)[C@H]5O[C@H]5C(=O)[C@]43[C@H]2O[C@@H]1C. The van der Waals surface area contributed by atoms with Crippen LogP contribution in [-0.2, 0) is 33.3 Å². The fourth-order valence-corrected chi connectivity index (χ4v) is 7.09. The number of hydrogen-bond donors (Lipinski definition) is 1. The molecule has 4 fully saturated rings. The maximum absolute atomic E-state index is 13.8. The first-order valence-corrected chi connectivity index (χ1v) is 10.3. The summed E-state index contributed by atoms with van der Waals surface area (Å²) in [5.41, 5.74) is 0.811. The Morgan fingerprint density at radius 2 is 1.83 bits per heavy atom. The van der Waals surface area contributed by atoms with Crippen molar-refractivity contribution in [3.63, 3.8) is 0 Å². The number of aliphatic hydroxyl groups is 1. The molecule has 8 nitrogen and oxygen atoms in total. The van der Waals surface area contributed by atoms with Gasteiger partial charge in [-0.05, 0) is 19.4 Å². The Bertz CT molecular complexity index is 937. The number of aliphatic hydroxyl groups excluding tert-OH is 1. The van der Waals surface area contributed by atoms with Gasteiger partial charge in [0, 0.05) is 30.1 Å². The summed E-state index contributed by atoms with van der Waals surface area (Å²) in [6.07, 6.45) is -3.09. The molecule has 29 heavy (non-hydrogen) atoms. The summed E-state index contributed by atoms with van der Waals surface area (Å²) in [6, 6.07) is 0. The molecule has 1 N–H and O–H groups in total. The van der Waals surface area contributed by atoms with Gasteiger partial charge in [0.1, 0.15) is 36.6 Å². The molecule has 0 aromatic heterocycles. The Balaban J connectivity index is 1.52. The Morgan fingerprint density at radius 1 is 1.07 bits per heavy atom. The van der Waals surface area contributed by atoms with Gasteiger partial charge in [-0.3, -0.25) is 9.59 Å². The largest absolute Gasteiger partial charge is 0.498 e. The van der Waals surface area contributed by atoms with Crippen LogP contribution in [0.4, 0.5) is 0 Å². The molecule has 5 aliphatic heterocycles. The van der Waals surface area contributed by atoms with Crippen molar-refractivity contribution in [2.24, 2.45) is 17.3 Å². The number of hydrogen-bond acceptors (Lipinski definition) is 8. The zero-order valence-electron chi connectivity index (χ0n) is 16.2. The molecule has 8 aliphatic rings. The van der Waals surface area contributed by atoms with Crippen LogP contribution in [0.2, 0.25) is 0 Å². The van der Waals surface area contributed by atoms with Gasteiger partial charge >= 0.3 is 0 Å². The van der Waals surface area contributed by atoms with E-state index in [1.54, 1.807) is 7.11 Å². The van der Waals surface area contributed by atoms with E-state index in [9.17, 15) is 14.7 Å². The third-order valence-electron chi connectivity index (χ3n) is 8.23. The van der Waals surface area contributed by atoms with E-state index in [0.717, 1.165) is 5.57 Å². The van der Waals surface area contributed by atoms with Crippen molar-refractivity contribution in [1.82, 2.24) is 0 Å². The van der Waals surface area contributed by atoms with E-state index in [0.29, 0.717) is 11.1 Å². The molecule has 8 rings (SSSR count). The number of ketones is 2. The molecule has 154 valence electrons. The zero-order chi connectivity index (χ0) is 20.0. The zero-order valence-corrected chi connectivity index (χ0v) is 16.2. The first-order chi connectivity index (χ1) is 13.9. The summed E-state index contributed by atoms with van der Waals surface area (Å²) in [5.74, 6) is -0.755. The summed E-state index contributed by atoms with van der Waals surface area (Å²) in [5, 5.41) is 11.0. The molecule has 3 saturated heterocycles. The molecular formula is C21H22O8. The Labute approximate surface area is 166 Å². The monoisotopic (exact) mass is 402 g/mol. The van der Waals surface area contributed by atoms with E-state index in [1.165, 1.54) is 6.26 Å². The normalized spacial score (nSPS) is 58.3. The molecule has 0 radical (unpaired) electrons. The number of epoxide rings is 2. The van der Waals surface area contributed by atoms with Crippen LogP contribution in [0, 0.1) is 17.3 Å². The molecule has 2 bridgehead atoms. The first kappa shape index (κ1) is 17.1. The topological polar surface area (TPSA) is 107 Å². The Kier molecular flexibility index (Phi) is 2.96. The molecule has 1 unspecified atom stereocenters. The number of methoxy groups -OCH3 is 1. The molecule has 8 heteroatoms. The third-order valence-corrected chi connectivity index (χ3v) is 8.23. The first-order valence-electron chi connectivity index (χ1n) is 10.3. The summed E-state index contributed by atoms with van der Waals surface area (Å²) >= 11 is 0. The summed E-state index contributed by atoms with van der Waals surface area (Å²) in [7, 11) is 1.59. The van der Waals surface area contributed by atoms with Crippen molar-refractivity contribution in [2.75, 3.05) is 7.11 Å². The van der Waals surface area contributed by atoms with Crippen molar-refractivity contribution < 1.29 is 38.4 Å². The number of rotatable bonds is 1. The van der Waals surface area contributed by atoms with E-state index in [-0.39, 0.29) is 41.7 Å². The van der Waals surface area contributed by atoms with Gasteiger partial charge in [0.2, 0.25) is 0 Å². The van der Waals surface area contributed by atoms with Crippen LogP contribution >= 0.6 is 0 Å². The van der Waals surface area contributed by atoms with E-state index >= 15 is 0 Å². The maximum atomic E-state index is 13.8. The van der Waals surface area contributed by atoms with Gasteiger partial charge in [-0.1, -0.05) is 0 Å². The van der Waals surface area contributed by atoms with Gasteiger partial charge in [0.15, 0.2) is 11.6 Å². The number of fused-ring (bicyclic) bond motifs is 3. The molecule has 1 spiro atoms. The number of carbonyl (C=O) groups excluding carboxylic acids is 2. The second kappa shape index (κ2) is 5.00. The van der Waals surface area contributed by atoms with Crippen molar-refractivity contribution in [3.8, 4) is 0 Å². The van der Waals surface area contributed by atoms with E-state index in [4.69, 9.17) is 23.7 Å². The van der Waals surface area contributed by atoms with Crippen LogP contribution in [-0.4, -0.2) is 78.7 Å². The lowest BCUT2D eigenvalue weighted by molar-refractivity contribution is -0.210. The summed E-state index contributed by atoms with van der Waals surface area (Å²) in [4.78, 5) is 27.0. The summed E-state index contributed by atoms with van der Waals surface area (Å²) < 4.78 is 29.3. The quantitative estimate of drug-likeness (QED) is 0.595. The predicted octanol–water partition coefficient (Wildman–Crippen LogP) is -0.319. The van der Waals surface area contributed by atoms with Crippen LogP contribution in [0.5, 0.6) is 0 Å². The highest BCUT2D eigenvalue weighted by atomic mass is 16.6. The minimum atomic E-state index is -1.11. The smallest absolute Gasteiger partial charge is 0.190 e. The lowest BCUT2D eigenvalue weighted by Crippen LogP contribution is -2.72. The predicted molar refractivity (Wildman–Crippen MR) is 93.5 cm³/mol. The molecule has 0 amide bonds. The van der Waals surface area contributed by atoms with E-state index in [2.05, 4.69) is 0 Å².